The van der Waals surface area contributed by atoms with Gasteiger partial charge >= 0.3 is 0 Å². The van der Waals surface area contributed by atoms with Gasteiger partial charge in [-0.25, -0.2) is 0 Å². The fourth-order valence-corrected chi connectivity index (χ4v) is 2.19. The highest BCUT2D eigenvalue weighted by Gasteiger charge is 2.17. The van der Waals surface area contributed by atoms with E-state index >= 15 is 0 Å². The maximum Gasteiger partial charge on any atom is 0.150 e. The second kappa shape index (κ2) is 4.60. The van der Waals surface area contributed by atoms with Crippen LogP contribution < -0.4 is 5.73 Å². The van der Waals surface area contributed by atoms with Crippen LogP contribution in [0.25, 0.3) is 0 Å². The number of hydrogen-bond donors (Lipinski definition) is 1. The third-order valence-electron chi connectivity index (χ3n) is 3.05. The summed E-state index contributed by atoms with van der Waals surface area (Å²) in [7, 11) is 0. The van der Waals surface area contributed by atoms with E-state index in [2.05, 4.69) is 5.16 Å². The Morgan fingerprint density at radius 2 is 2.00 bits per heavy atom. The molecule has 1 saturated carbocycles. The maximum atomic E-state index is 5.49. The van der Waals surface area contributed by atoms with Crippen molar-refractivity contribution >= 4 is 0 Å². The zero-order valence-corrected chi connectivity index (χ0v) is 8.54. The van der Waals surface area contributed by atoms with Crippen LogP contribution in [0.3, 0.4) is 0 Å². The van der Waals surface area contributed by atoms with Crippen LogP contribution in [0.2, 0.25) is 0 Å². The van der Waals surface area contributed by atoms with Crippen molar-refractivity contribution in [3.05, 3.63) is 17.5 Å². The van der Waals surface area contributed by atoms with Gasteiger partial charge in [-0.1, -0.05) is 30.8 Å². The van der Waals surface area contributed by atoms with Crippen molar-refractivity contribution in [2.45, 2.75) is 51.0 Å². The molecule has 0 spiro atoms. The van der Waals surface area contributed by atoms with Crippen molar-refractivity contribution in [3.8, 4) is 0 Å². The number of nitrogens with two attached hydrogens (primary N) is 1. The topological polar surface area (TPSA) is 52.0 Å². The van der Waals surface area contributed by atoms with Crippen molar-refractivity contribution < 1.29 is 4.52 Å². The van der Waals surface area contributed by atoms with Crippen molar-refractivity contribution in [1.82, 2.24) is 5.16 Å². The molecule has 3 nitrogen and oxygen atoms in total. The highest BCUT2D eigenvalue weighted by atomic mass is 16.5. The molecule has 78 valence electrons. The Kier molecular flexibility index (Phi) is 3.19. The van der Waals surface area contributed by atoms with E-state index in [9.17, 15) is 0 Å². The van der Waals surface area contributed by atoms with Gasteiger partial charge in [-0.05, 0) is 12.8 Å². The Labute approximate surface area is 84.7 Å². The van der Waals surface area contributed by atoms with E-state index in [0.717, 1.165) is 11.5 Å². The van der Waals surface area contributed by atoms with Crippen LogP contribution in [0, 0.1) is 0 Å². The summed E-state index contributed by atoms with van der Waals surface area (Å²) in [4.78, 5) is 0. The van der Waals surface area contributed by atoms with E-state index < -0.39 is 0 Å². The molecule has 0 amide bonds. The van der Waals surface area contributed by atoms with Gasteiger partial charge in [-0.15, -0.1) is 0 Å². The maximum absolute atomic E-state index is 5.49. The lowest BCUT2D eigenvalue weighted by molar-refractivity contribution is 0.370. The van der Waals surface area contributed by atoms with Gasteiger partial charge in [0, 0.05) is 12.0 Å². The van der Waals surface area contributed by atoms with Gasteiger partial charge < -0.3 is 10.3 Å². The monoisotopic (exact) mass is 194 g/mol. The summed E-state index contributed by atoms with van der Waals surface area (Å²) in [5, 5.41) is 4.10. The molecule has 2 N–H and O–H groups in total. The third-order valence-corrected chi connectivity index (χ3v) is 3.05. The average Bonchev–Trinajstić information content (AvgIpc) is 2.53. The predicted octanol–water partition coefficient (Wildman–Crippen LogP) is 2.57. The lowest BCUT2D eigenvalue weighted by Crippen LogP contribution is -1.97. The number of rotatable bonds is 2. The summed E-state index contributed by atoms with van der Waals surface area (Å²) in [5.74, 6) is 1.42. The van der Waals surface area contributed by atoms with Gasteiger partial charge in [0.05, 0.1) is 12.2 Å². The van der Waals surface area contributed by atoms with E-state index in [1.54, 1.807) is 0 Å². The first-order chi connectivity index (χ1) is 6.90. The molecule has 0 radical (unpaired) electrons. The number of hydrogen-bond acceptors (Lipinski definition) is 3. The molecule has 0 unspecified atom stereocenters. The van der Waals surface area contributed by atoms with Gasteiger partial charge in [-0.2, -0.15) is 0 Å². The largest absolute Gasteiger partial charge is 0.360 e. The summed E-state index contributed by atoms with van der Waals surface area (Å²) >= 11 is 0. The Bertz CT molecular complexity index is 275. The highest BCUT2D eigenvalue weighted by Crippen LogP contribution is 2.30. The summed E-state index contributed by atoms with van der Waals surface area (Å²) in [5.41, 5.74) is 6.61. The molecule has 2 rings (SSSR count). The molecular weight excluding hydrogens is 176 g/mol. The van der Waals surface area contributed by atoms with E-state index in [-0.39, 0.29) is 0 Å². The van der Waals surface area contributed by atoms with Crippen molar-refractivity contribution in [1.29, 1.82) is 0 Å². The molecule has 1 aromatic rings. The number of nitrogens with zero attached hydrogens (tertiary/aromatic N) is 1. The van der Waals surface area contributed by atoms with E-state index in [1.165, 1.54) is 38.5 Å². The lowest BCUT2D eigenvalue weighted by Gasteiger charge is -2.08. The molecule has 14 heavy (non-hydrogen) atoms. The Morgan fingerprint density at radius 1 is 1.29 bits per heavy atom. The van der Waals surface area contributed by atoms with Crippen LogP contribution >= 0.6 is 0 Å². The smallest absolute Gasteiger partial charge is 0.150 e. The van der Waals surface area contributed by atoms with Crippen LogP contribution in [0.4, 0.5) is 0 Å². The fraction of sp³-hybridized carbons (Fsp3) is 0.727. The van der Waals surface area contributed by atoms with Gasteiger partial charge in [-0.3, -0.25) is 0 Å². The summed E-state index contributed by atoms with van der Waals surface area (Å²) in [6.45, 7) is 0.458. The molecule has 1 aliphatic carbocycles. The molecule has 0 atom stereocenters. The predicted molar refractivity (Wildman–Crippen MR) is 54.8 cm³/mol. The van der Waals surface area contributed by atoms with Crippen molar-refractivity contribution in [2.24, 2.45) is 5.73 Å². The minimum Gasteiger partial charge on any atom is -0.360 e. The van der Waals surface area contributed by atoms with Gasteiger partial charge in [0.1, 0.15) is 0 Å². The van der Waals surface area contributed by atoms with Crippen LogP contribution in [0.1, 0.15) is 55.9 Å². The SMILES string of the molecule is NCc1cc(C2CCCCCC2)no1. The average molecular weight is 194 g/mol. The van der Waals surface area contributed by atoms with E-state index in [4.69, 9.17) is 10.3 Å². The fourth-order valence-electron chi connectivity index (χ4n) is 2.19. The molecule has 1 fully saturated rings. The second-order valence-electron chi connectivity index (χ2n) is 4.11. The number of aromatic nitrogens is 1. The first-order valence-corrected chi connectivity index (χ1v) is 5.55. The van der Waals surface area contributed by atoms with E-state index in [1.807, 2.05) is 6.07 Å². The molecule has 0 saturated heterocycles. The Hall–Kier alpha value is -0.830. The molecule has 0 bridgehead atoms. The van der Waals surface area contributed by atoms with Crippen LogP contribution in [-0.4, -0.2) is 5.16 Å². The van der Waals surface area contributed by atoms with Crippen molar-refractivity contribution in [2.75, 3.05) is 0 Å². The third kappa shape index (κ3) is 2.15. The molecule has 0 aromatic carbocycles. The van der Waals surface area contributed by atoms with Crippen molar-refractivity contribution in [3.63, 3.8) is 0 Å². The van der Waals surface area contributed by atoms with Crippen LogP contribution in [0.5, 0.6) is 0 Å². The molecular formula is C11H18N2O. The molecule has 1 aromatic heterocycles. The second-order valence-corrected chi connectivity index (χ2v) is 4.11. The van der Waals surface area contributed by atoms with Gasteiger partial charge in [0.15, 0.2) is 5.76 Å². The molecule has 0 aliphatic heterocycles. The van der Waals surface area contributed by atoms with E-state index in [0.29, 0.717) is 12.5 Å². The highest BCUT2D eigenvalue weighted by molar-refractivity contribution is 5.10. The van der Waals surface area contributed by atoms with Gasteiger partial charge in [0.25, 0.3) is 0 Å². The Morgan fingerprint density at radius 3 is 2.57 bits per heavy atom. The van der Waals surface area contributed by atoms with Crippen LogP contribution in [0.15, 0.2) is 10.6 Å². The quantitative estimate of drug-likeness (QED) is 0.736. The lowest BCUT2D eigenvalue weighted by atomic mass is 9.96. The molecule has 3 heteroatoms. The zero-order chi connectivity index (χ0) is 9.80. The first kappa shape index (κ1) is 9.71. The Balaban J connectivity index is 2.04. The summed E-state index contributed by atoms with van der Waals surface area (Å²) in [6.07, 6.45) is 7.92. The minimum atomic E-state index is 0.458. The van der Waals surface area contributed by atoms with Crippen LogP contribution in [-0.2, 0) is 6.54 Å². The first-order valence-electron chi connectivity index (χ1n) is 5.55. The molecule has 1 aliphatic rings. The normalized spacial score (nSPS) is 19.5. The summed E-state index contributed by atoms with van der Waals surface area (Å²) < 4.78 is 5.13. The zero-order valence-electron chi connectivity index (χ0n) is 8.54. The standard InChI is InChI=1S/C11H18N2O/c12-8-10-7-11(13-14-10)9-5-3-1-2-4-6-9/h7,9H,1-6,8,12H2. The summed E-state index contributed by atoms with van der Waals surface area (Å²) in [6, 6.07) is 2.02. The van der Waals surface area contributed by atoms with Gasteiger partial charge in [0.2, 0.25) is 0 Å². The minimum absolute atomic E-state index is 0.458. The molecule has 1 heterocycles.